The third-order valence-corrected chi connectivity index (χ3v) is 4.07. The minimum absolute atomic E-state index is 0.00657. The van der Waals surface area contributed by atoms with Gasteiger partial charge in [-0.15, -0.1) is 0 Å². The lowest BCUT2D eigenvalue weighted by Gasteiger charge is -2.39. The second-order valence-electron chi connectivity index (χ2n) is 5.49. The zero-order chi connectivity index (χ0) is 14.0. The molecule has 4 heteroatoms. The standard InChI is InChI=1S/C15H22N2O2/c1-10-7-11(2)13(8-12(10)16)17-14(18)9-15(19-3)5-4-6-15/h7-8H,4-6,9,16H2,1-3H3,(H,17,18). The van der Waals surface area contributed by atoms with E-state index in [1.165, 1.54) is 0 Å². The van der Waals surface area contributed by atoms with Crippen molar-refractivity contribution in [1.29, 1.82) is 0 Å². The number of amides is 1. The lowest BCUT2D eigenvalue weighted by Crippen LogP contribution is -2.42. The predicted molar refractivity (Wildman–Crippen MR) is 77.2 cm³/mol. The first-order valence-electron chi connectivity index (χ1n) is 6.67. The minimum Gasteiger partial charge on any atom is -0.398 e. The molecule has 1 amide bonds. The minimum atomic E-state index is -0.242. The summed E-state index contributed by atoms with van der Waals surface area (Å²) in [5.41, 5.74) is 9.19. The predicted octanol–water partition coefficient (Wildman–Crippen LogP) is 2.78. The SMILES string of the molecule is COC1(CC(=O)Nc2cc(N)c(C)cc2C)CCC1. The van der Waals surface area contributed by atoms with Gasteiger partial charge in [0.15, 0.2) is 0 Å². The van der Waals surface area contributed by atoms with Crippen molar-refractivity contribution in [3.63, 3.8) is 0 Å². The van der Waals surface area contributed by atoms with Crippen molar-refractivity contribution in [3.05, 3.63) is 23.3 Å². The van der Waals surface area contributed by atoms with Gasteiger partial charge in [-0.05, 0) is 50.3 Å². The van der Waals surface area contributed by atoms with Crippen LogP contribution in [0.4, 0.5) is 11.4 Å². The van der Waals surface area contributed by atoms with Crippen LogP contribution in [0.25, 0.3) is 0 Å². The molecule has 0 unspecified atom stereocenters. The Morgan fingerprint density at radius 2 is 2.05 bits per heavy atom. The van der Waals surface area contributed by atoms with Gasteiger partial charge in [0.1, 0.15) is 0 Å². The van der Waals surface area contributed by atoms with Crippen molar-refractivity contribution < 1.29 is 9.53 Å². The van der Waals surface area contributed by atoms with E-state index in [0.29, 0.717) is 12.1 Å². The number of nitrogens with one attached hydrogen (secondary N) is 1. The van der Waals surface area contributed by atoms with Crippen molar-refractivity contribution in [1.82, 2.24) is 0 Å². The van der Waals surface area contributed by atoms with Crippen LogP contribution in [0.3, 0.4) is 0 Å². The first-order valence-corrected chi connectivity index (χ1v) is 6.67. The van der Waals surface area contributed by atoms with Crippen molar-refractivity contribution in [2.75, 3.05) is 18.2 Å². The molecule has 0 radical (unpaired) electrons. The third-order valence-electron chi connectivity index (χ3n) is 4.07. The molecule has 0 atom stereocenters. The van der Waals surface area contributed by atoms with Crippen LogP contribution in [-0.4, -0.2) is 18.6 Å². The van der Waals surface area contributed by atoms with Gasteiger partial charge in [-0.25, -0.2) is 0 Å². The van der Waals surface area contributed by atoms with Gasteiger partial charge in [-0.1, -0.05) is 6.07 Å². The fourth-order valence-corrected chi connectivity index (χ4v) is 2.51. The van der Waals surface area contributed by atoms with Gasteiger partial charge in [0, 0.05) is 18.5 Å². The number of carbonyl (C=O) groups excluding carboxylic acids is 1. The zero-order valence-electron chi connectivity index (χ0n) is 11.9. The van der Waals surface area contributed by atoms with Gasteiger partial charge >= 0.3 is 0 Å². The summed E-state index contributed by atoms with van der Waals surface area (Å²) in [4.78, 5) is 12.1. The Kier molecular flexibility index (Phi) is 3.80. The molecule has 0 bridgehead atoms. The monoisotopic (exact) mass is 262 g/mol. The first kappa shape index (κ1) is 13.9. The fraction of sp³-hybridized carbons (Fsp3) is 0.533. The number of nitrogens with two attached hydrogens (primary N) is 1. The van der Waals surface area contributed by atoms with Crippen molar-refractivity contribution >= 4 is 17.3 Å². The topological polar surface area (TPSA) is 64.3 Å². The number of ether oxygens (including phenoxy) is 1. The normalized spacial score (nSPS) is 16.8. The number of rotatable bonds is 4. The molecule has 0 spiro atoms. The first-order chi connectivity index (χ1) is 8.96. The number of benzene rings is 1. The maximum atomic E-state index is 12.1. The van der Waals surface area contributed by atoms with Crippen LogP contribution in [-0.2, 0) is 9.53 Å². The summed E-state index contributed by atoms with van der Waals surface area (Å²) < 4.78 is 5.47. The smallest absolute Gasteiger partial charge is 0.227 e. The van der Waals surface area contributed by atoms with E-state index < -0.39 is 0 Å². The number of aryl methyl sites for hydroxylation is 2. The van der Waals surface area contributed by atoms with Gasteiger partial charge in [0.25, 0.3) is 0 Å². The highest BCUT2D eigenvalue weighted by atomic mass is 16.5. The molecular weight excluding hydrogens is 240 g/mol. The molecule has 104 valence electrons. The van der Waals surface area contributed by atoms with E-state index in [2.05, 4.69) is 5.32 Å². The number of anilines is 2. The Hall–Kier alpha value is -1.55. The number of nitrogen functional groups attached to an aromatic ring is 1. The Morgan fingerprint density at radius 3 is 2.58 bits per heavy atom. The van der Waals surface area contributed by atoms with Crippen LogP contribution in [0.5, 0.6) is 0 Å². The molecule has 1 fully saturated rings. The molecule has 4 nitrogen and oxygen atoms in total. The van der Waals surface area contributed by atoms with Gasteiger partial charge in [-0.3, -0.25) is 4.79 Å². The average Bonchev–Trinajstić information content (AvgIpc) is 2.31. The van der Waals surface area contributed by atoms with E-state index >= 15 is 0 Å². The molecule has 1 aliphatic rings. The van der Waals surface area contributed by atoms with E-state index in [-0.39, 0.29) is 11.5 Å². The number of hydrogen-bond acceptors (Lipinski definition) is 3. The second kappa shape index (κ2) is 5.21. The van der Waals surface area contributed by atoms with E-state index in [0.717, 1.165) is 36.1 Å². The molecule has 1 aromatic rings. The van der Waals surface area contributed by atoms with Crippen LogP contribution in [0.15, 0.2) is 12.1 Å². The third kappa shape index (κ3) is 2.89. The quantitative estimate of drug-likeness (QED) is 0.820. The van der Waals surface area contributed by atoms with Crippen LogP contribution < -0.4 is 11.1 Å². The highest BCUT2D eigenvalue weighted by Gasteiger charge is 2.39. The van der Waals surface area contributed by atoms with Gasteiger partial charge in [0.05, 0.1) is 12.0 Å². The highest BCUT2D eigenvalue weighted by molar-refractivity contribution is 5.93. The summed E-state index contributed by atoms with van der Waals surface area (Å²) in [6.07, 6.45) is 3.48. The lowest BCUT2D eigenvalue weighted by atomic mass is 9.77. The van der Waals surface area contributed by atoms with Crippen LogP contribution in [0.2, 0.25) is 0 Å². The van der Waals surface area contributed by atoms with Crippen molar-refractivity contribution in [2.45, 2.75) is 45.1 Å². The van der Waals surface area contributed by atoms with E-state index in [1.807, 2.05) is 26.0 Å². The molecule has 1 saturated carbocycles. The van der Waals surface area contributed by atoms with E-state index in [1.54, 1.807) is 7.11 Å². The molecule has 0 aliphatic heterocycles. The second-order valence-corrected chi connectivity index (χ2v) is 5.49. The number of carbonyl (C=O) groups is 1. The number of methoxy groups -OCH3 is 1. The summed E-state index contributed by atoms with van der Waals surface area (Å²) in [6, 6.07) is 3.81. The molecule has 1 aromatic carbocycles. The summed E-state index contributed by atoms with van der Waals surface area (Å²) in [5, 5.41) is 2.94. The van der Waals surface area contributed by atoms with Crippen molar-refractivity contribution in [3.8, 4) is 0 Å². The van der Waals surface area contributed by atoms with Gasteiger partial charge in [-0.2, -0.15) is 0 Å². The van der Waals surface area contributed by atoms with Crippen LogP contribution >= 0.6 is 0 Å². The van der Waals surface area contributed by atoms with Gasteiger partial charge in [0.2, 0.25) is 5.91 Å². The largest absolute Gasteiger partial charge is 0.398 e. The highest BCUT2D eigenvalue weighted by Crippen LogP contribution is 2.38. The Morgan fingerprint density at radius 1 is 1.37 bits per heavy atom. The van der Waals surface area contributed by atoms with Crippen molar-refractivity contribution in [2.24, 2.45) is 0 Å². The molecule has 0 aromatic heterocycles. The van der Waals surface area contributed by atoms with E-state index in [9.17, 15) is 4.79 Å². The molecule has 0 saturated heterocycles. The number of hydrogen-bond donors (Lipinski definition) is 2. The summed E-state index contributed by atoms with van der Waals surface area (Å²) >= 11 is 0. The molecule has 2 rings (SSSR count). The van der Waals surface area contributed by atoms with Crippen LogP contribution in [0, 0.1) is 13.8 Å². The molecule has 3 N–H and O–H groups in total. The average molecular weight is 262 g/mol. The maximum absolute atomic E-state index is 12.1. The summed E-state index contributed by atoms with van der Waals surface area (Å²) in [7, 11) is 1.68. The summed E-state index contributed by atoms with van der Waals surface area (Å²) in [6.45, 7) is 3.93. The van der Waals surface area contributed by atoms with E-state index in [4.69, 9.17) is 10.5 Å². The Labute approximate surface area is 114 Å². The summed E-state index contributed by atoms with van der Waals surface area (Å²) in [5.74, 6) is -0.00657. The molecule has 0 heterocycles. The maximum Gasteiger partial charge on any atom is 0.227 e. The Balaban J connectivity index is 2.05. The molecule has 1 aliphatic carbocycles. The van der Waals surface area contributed by atoms with Crippen LogP contribution in [0.1, 0.15) is 36.8 Å². The van der Waals surface area contributed by atoms with Gasteiger partial charge < -0.3 is 15.8 Å². The Bertz CT molecular complexity index is 488. The fourth-order valence-electron chi connectivity index (χ4n) is 2.51. The lowest BCUT2D eigenvalue weighted by molar-refractivity contribution is -0.129. The molecule has 19 heavy (non-hydrogen) atoms. The zero-order valence-corrected chi connectivity index (χ0v) is 11.9. The molecular formula is C15H22N2O2.